The number of amides is 1. The van der Waals surface area contributed by atoms with E-state index >= 15 is 0 Å². The van der Waals surface area contributed by atoms with Crippen molar-refractivity contribution in [3.05, 3.63) is 70.2 Å². The van der Waals surface area contributed by atoms with Crippen LogP contribution in [0.4, 0.5) is 5.13 Å². The van der Waals surface area contributed by atoms with Gasteiger partial charge in [-0.05, 0) is 60.0 Å². The van der Waals surface area contributed by atoms with Gasteiger partial charge < -0.3 is 18.9 Å². The molecular formula is C27H25ClN2O5S. The van der Waals surface area contributed by atoms with Crippen LogP contribution in [0.15, 0.2) is 48.5 Å². The number of fused-ring (bicyclic) bond motifs is 1. The molecule has 0 fully saturated rings. The molecule has 1 heterocycles. The minimum Gasteiger partial charge on any atom is -0.493 e. The van der Waals surface area contributed by atoms with E-state index in [9.17, 15) is 4.79 Å². The number of methoxy groups -OCH3 is 3. The molecule has 0 aliphatic heterocycles. The van der Waals surface area contributed by atoms with Gasteiger partial charge in [-0.3, -0.25) is 10.1 Å². The summed E-state index contributed by atoms with van der Waals surface area (Å²) in [5, 5.41) is 3.89. The van der Waals surface area contributed by atoms with E-state index in [0.717, 1.165) is 26.9 Å². The number of aromatic nitrogens is 1. The van der Waals surface area contributed by atoms with Crippen LogP contribution in [0.5, 0.6) is 23.0 Å². The molecule has 186 valence electrons. The highest BCUT2D eigenvalue weighted by Gasteiger charge is 2.13. The molecule has 0 radical (unpaired) electrons. The zero-order chi connectivity index (χ0) is 25.7. The Morgan fingerprint density at radius 1 is 0.944 bits per heavy atom. The van der Waals surface area contributed by atoms with Gasteiger partial charge in [-0.2, -0.15) is 0 Å². The van der Waals surface area contributed by atoms with Crippen molar-refractivity contribution in [1.29, 1.82) is 0 Å². The Morgan fingerprint density at radius 2 is 1.64 bits per heavy atom. The number of nitrogens with one attached hydrogen (secondary N) is 1. The number of ether oxygens (including phenoxy) is 4. The fourth-order valence-corrected chi connectivity index (χ4v) is 4.55. The zero-order valence-electron chi connectivity index (χ0n) is 20.3. The lowest BCUT2D eigenvalue weighted by atomic mass is 10.1. The van der Waals surface area contributed by atoms with Crippen molar-refractivity contribution in [1.82, 2.24) is 4.98 Å². The van der Waals surface area contributed by atoms with E-state index in [4.69, 9.17) is 30.5 Å². The van der Waals surface area contributed by atoms with E-state index in [0.29, 0.717) is 33.2 Å². The highest BCUT2D eigenvalue weighted by atomic mass is 35.5. The van der Waals surface area contributed by atoms with Crippen molar-refractivity contribution in [2.45, 2.75) is 6.92 Å². The first-order valence-corrected chi connectivity index (χ1v) is 12.2. The minimum atomic E-state index is -0.294. The quantitative estimate of drug-likeness (QED) is 0.253. The van der Waals surface area contributed by atoms with Gasteiger partial charge in [0.15, 0.2) is 23.2 Å². The fraction of sp³-hybridized carbons (Fsp3) is 0.185. The van der Waals surface area contributed by atoms with Crippen LogP contribution < -0.4 is 24.3 Å². The van der Waals surface area contributed by atoms with Crippen LogP contribution in [0.2, 0.25) is 5.02 Å². The summed E-state index contributed by atoms with van der Waals surface area (Å²) in [6.45, 7) is 1.79. The van der Waals surface area contributed by atoms with Crippen molar-refractivity contribution in [3.63, 3.8) is 0 Å². The highest BCUT2D eigenvalue weighted by Crippen LogP contribution is 2.38. The van der Waals surface area contributed by atoms with Gasteiger partial charge >= 0.3 is 0 Å². The van der Waals surface area contributed by atoms with Gasteiger partial charge in [-0.15, -0.1) is 0 Å². The van der Waals surface area contributed by atoms with Crippen LogP contribution in [-0.4, -0.2) is 38.8 Å². The summed E-state index contributed by atoms with van der Waals surface area (Å²) in [5.74, 6) is 2.01. The second-order valence-electron chi connectivity index (χ2n) is 7.78. The van der Waals surface area contributed by atoms with Gasteiger partial charge in [-0.25, -0.2) is 4.98 Å². The monoisotopic (exact) mass is 524 g/mol. The average Bonchev–Trinajstić information content (AvgIpc) is 3.27. The molecule has 0 saturated carbocycles. The molecular weight excluding hydrogens is 500 g/mol. The van der Waals surface area contributed by atoms with E-state index in [-0.39, 0.29) is 12.5 Å². The molecule has 4 aromatic rings. The Hall–Kier alpha value is -3.75. The van der Waals surface area contributed by atoms with E-state index in [1.54, 1.807) is 33.5 Å². The summed E-state index contributed by atoms with van der Waals surface area (Å²) in [6, 6.07) is 15.0. The van der Waals surface area contributed by atoms with Crippen LogP contribution >= 0.6 is 22.9 Å². The number of rotatable bonds is 9. The maximum absolute atomic E-state index is 12.5. The van der Waals surface area contributed by atoms with Gasteiger partial charge in [0.25, 0.3) is 5.91 Å². The van der Waals surface area contributed by atoms with Gasteiger partial charge in [-0.1, -0.05) is 47.2 Å². The van der Waals surface area contributed by atoms with Crippen LogP contribution in [-0.2, 0) is 4.79 Å². The second-order valence-corrected chi connectivity index (χ2v) is 9.25. The Balaban J connectivity index is 1.43. The van der Waals surface area contributed by atoms with Gasteiger partial charge in [0, 0.05) is 5.02 Å². The first kappa shape index (κ1) is 25.3. The van der Waals surface area contributed by atoms with Gasteiger partial charge in [0.05, 0.1) is 31.5 Å². The summed E-state index contributed by atoms with van der Waals surface area (Å²) in [5.41, 5.74) is 3.45. The number of carbonyl (C=O) groups excluding carboxylic acids is 1. The second kappa shape index (κ2) is 11.3. The van der Waals surface area contributed by atoms with Crippen molar-refractivity contribution in [2.24, 2.45) is 0 Å². The predicted molar refractivity (Wildman–Crippen MR) is 145 cm³/mol. The smallest absolute Gasteiger partial charge is 0.264 e. The number of carbonyl (C=O) groups is 1. The first-order valence-electron chi connectivity index (χ1n) is 11.0. The third-order valence-corrected chi connectivity index (χ3v) is 6.51. The Kier molecular flexibility index (Phi) is 7.97. The van der Waals surface area contributed by atoms with E-state index in [1.165, 1.54) is 11.3 Å². The summed E-state index contributed by atoms with van der Waals surface area (Å²) in [7, 11) is 4.73. The van der Waals surface area contributed by atoms with Crippen molar-refractivity contribution in [3.8, 4) is 23.0 Å². The molecule has 0 saturated heterocycles. The number of anilines is 1. The molecule has 1 N–H and O–H groups in total. The number of halogens is 1. The maximum atomic E-state index is 12.5. The van der Waals surface area contributed by atoms with Gasteiger partial charge in [0.1, 0.15) is 5.75 Å². The number of hydrogen-bond donors (Lipinski definition) is 1. The molecule has 9 heteroatoms. The Bertz CT molecular complexity index is 1410. The first-order chi connectivity index (χ1) is 17.4. The molecule has 0 spiro atoms. The summed E-state index contributed by atoms with van der Waals surface area (Å²) in [6.07, 6.45) is 3.88. The topological polar surface area (TPSA) is 78.9 Å². The number of thiazole rings is 1. The number of aryl methyl sites for hydroxylation is 1. The fourth-order valence-electron chi connectivity index (χ4n) is 3.52. The maximum Gasteiger partial charge on any atom is 0.264 e. The molecule has 0 aliphatic rings. The van der Waals surface area contributed by atoms with Crippen molar-refractivity contribution in [2.75, 3.05) is 33.3 Å². The van der Waals surface area contributed by atoms with Crippen LogP contribution in [0, 0.1) is 6.92 Å². The lowest BCUT2D eigenvalue weighted by Gasteiger charge is -2.13. The average molecular weight is 525 g/mol. The Morgan fingerprint density at radius 3 is 2.33 bits per heavy atom. The van der Waals surface area contributed by atoms with E-state index in [1.807, 2.05) is 55.5 Å². The standard InChI is InChI=1S/C27H25ClN2O5S/c1-16-5-6-17(7-8-18-12-22(32-2)26(34-4)23(13-18)33-3)11-21(16)35-15-25(31)30-27-29-20-14-19(28)9-10-24(20)36-27/h5-14H,15H2,1-4H3,(H,29,30,31)/b8-7-. The molecule has 0 unspecified atom stereocenters. The molecule has 1 amide bonds. The van der Waals surface area contributed by atoms with E-state index in [2.05, 4.69) is 10.3 Å². The van der Waals surface area contributed by atoms with E-state index < -0.39 is 0 Å². The molecule has 0 atom stereocenters. The lowest BCUT2D eigenvalue weighted by Crippen LogP contribution is -2.20. The molecule has 1 aromatic heterocycles. The van der Waals surface area contributed by atoms with Crippen molar-refractivity contribution >= 4 is 56.3 Å². The molecule has 0 aliphatic carbocycles. The number of nitrogens with zero attached hydrogens (tertiary/aromatic N) is 1. The largest absolute Gasteiger partial charge is 0.493 e. The highest BCUT2D eigenvalue weighted by molar-refractivity contribution is 7.22. The van der Waals surface area contributed by atoms with Crippen LogP contribution in [0.1, 0.15) is 16.7 Å². The van der Waals surface area contributed by atoms with Crippen LogP contribution in [0.25, 0.3) is 22.4 Å². The molecule has 7 nitrogen and oxygen atoms in total. The molecule has 36 heavy (non-hydrogen) atoms. The minimum absolute atomic E-state index is 0.141. The molecule has 3 aromatic carbocycles. The van der Waals surface area contributed by atoms with Crippen LogP contribution in [0.3, 0.4) is 0 Å². The van der Waals surface area contributed by atoms with Gasteiger partial charge in [0.2, 0.25) is 5.75 Å². The number of benzene rings is 3. The summed E-state index contributed by atoms with van der Waals surface area (Å²) in [4.78, 5) is 16.9. The Labute approximate surface area is 218 Å². The normalized spacial score (nSPS) is 11.0. The van der Waals surface area contributed by atoms with Crippen molar-refractivity contribution < 1.29 is 23.7 Å². The molecule has 4 rings (SSSR count). The lowest BCUT2D eigenvalue weighted by molar-refractivity contribution is -0.118. The number of hydrogen-bond acceptors (Lipinski definition) is 7. The molecule has 0 bridgehead atoms. The zero-order valence-corrected chi connectivity index (χ0v) is 21.8. The predicted octanol–water partition coefficient (Wildman–Crippen LogP) is 6.47. The third kappa shape index (κ3) is 5.90. The third-order valence-electron chi connectivity index (χ3n) is 5.32. The SMILES string of the molecule is COc1cc(/C=C\c2ccc(C)c(OCC(=O)Nc3nc4cc(Cl)ccc4s3)c2)cc(OC)c1OC. The summed E-state index contributed by atoms with van der Waals surface area (Å²) < 4.78 is 23.0. The summed E-state index contributed by atoms with van der Waals surface area (Å²) >= 11 is 7.39.